The van der Waals surface area contributed by atoms with Crippen LogP contribution in [-0.4, -0.2) is 39.1 Å². The van der Waals surface area contributed by atoms with E-state index >= 15 is 0 Å². The second-order valence-corrected chi connectivity index (χ2v) is 6.03. The number of benzene rings is 1. The van der Waals surface area contributed by atoms with Crippen molar-refractivity contribution in [2.45, 2.75) is 24.2 Å². The maximum absolute atomic E-state index is 12.0. The number of rotatable bonds is 8. The second kappa shape index (κ2) is 7.75. The summed E-state index contributed by atoms with van der Waals surface area (Å²) in [5.41, 5.74) is 0.145. The Morgan fingerprint density at radius 1 is 1.29 bits per heavy atom. The number of carbonyl (C=O) groups excluding carboxylic acids is 1. The van der Waals surface area contributed by atoms with Crippen LogP contribution in [0.15, 0.2) is 29.2 Å². The largest absolute Gasteiger partial charge is 0.481 e. The van der Waals surface area contributed by atoms with Crippen LogP contribution in [0, 0.1) is 0 Å². The Hall–Kier alpha value is -1.93. The lowest BCUT2D eigenvalue weighted by atomic mass is 10.2. The van der Waals surface area contributed by atoms with Crippen LogP contribution in [-0.2, 0) is 19.6 Å². The first kappa shape index (κ1) is 17.1. The van der Waals surface area contributed by atoms with E-state index in [4.69, 9.17) is 5.11 Å². The normalized spacial score (nSPS) is 11.1. The van der Waals surface area contributed by atoms with Gasteiger partial charge in [-0.3, -0.25) is 4.79 Å². The highest BCUT2D eigenvalue weighted by Gasteiger charge is 2.16. The maximum Gasteiger partial charge on any atom is 0.337 e. The minimum atomic E-state index is -3.73. The summed E-state index contributed by atoms with van der Waals surface area (Å²) in [5, 5.41) is 8.47. The van der Waals surface area contributed by atoms with Crippen molar-refractivity contribution in [3.63, 3.8) is 0 Å². The molecule has 8 heteroatoms. The molecule has 0 atom stereocenters. The maximum atomic E-state index is 12.0. The number of hydrogen-bond acceptors (Lipinski definition) is 5. The lowest BCUT2D eigenvalue weighted by molar-refractivity contribution is -0.137. The van der Waals surface area contributed by atoms with Gasteiger partial charge in [-0.15, -0.1) is 0 Å². The molecule has 1 aromatic carbocycles. The van der Waals surface area contributed by atoms with E-state index in [0.717, 1.165) is 0 Å². The first-order chi connectivity index (χ1) is 9.86. The van der Waals surface area contributed by atoms with Gasteiger partial charge in [-0.25, -0.2) is 17.9 Å². The van der Waals surface area contributed by atoms with Crippen LogP contribution in [0.1, 0.15) is 29.6 Å². The Balaban J connectivity index is 2.66. The Kier molecular flexibility index (Phi) is 6.32. The average Bonchev–Trinajstić information content (AvgIpc) is 2.45. The van der Waals surface area contributed by atoms with Crippen LogP contribution >= 0.6 is 0 Å². The number of aliphatic carboxylic acids is 1. The van der Waals surface area contributed by atoms with Crippen molar-refractivity contribution in [3.05, 3.63) is 29.8 Å². The number of sulfonamides is 1. The van der Waals surface area contributed by atoms with Gasteiger partial charge in [0, 0.05) is 13.0 Å². The fraction of sp³-hybridized carbons (Fsp3) is 0.385. The van der Waals surface area contributed by atoms with Gasteiger partial charge < -0.3 is 9.84 Å². The van der Waals surface area contributed by atoms with Crippen molar-refractivity contribution in [1.82, 2.24) is 4.72 Å². The number of unbranched alkanes of at least 4 members (excludes halogenated alkanes) is 1. The molecule has 0 saturated carbocycles. The highest BCUT2D eigenvalue weighted by atomic mass is 32.2. The van der Waals surface area contributed by atoms with E-state index in [-0.39, 0.29) is 23.4 Å². The van der Waals surface area contributed by atoms with Crippen molar-refractivity contribution in [1.29, 1.82) is 0 Å². The van der Waals surface area contributed by atoms with Crippen LogP contribution in [0.5, 0.6) is 0 Å². The van der Waals surface area contributed by atoms with Crippen molar-refractivity contribution < 1.29 is 27.9 Å². The summed E-state index contributed by atoms with van der Waals surface area (Å²) in [6.45, 7) is 0.137. The van der Waals surface area contributed by atoms with Gasteiger partial charge in [0.05, 0.1) is 17.6 Å². The molecule has 0 aliphatic rings. The number of hydrogen-bond donors (Lipinski definition) is 2. The van der Waals surface area contributed by atoms with E-state index in [0.29, 0.717) is 12.8 Å². The summed E-state index contributed by atoms with van der Waals surface area (Å²) in [7, 11) is -2.52. The van der Waals surface area contributed by atoms with Gasteiger partial charge in [0.1, 0.15) is 0 Å². The number of carbonyl (C=O) groups is 2. The van der Waals surface area contributed by atoms with E-state index in [1.165, 1.54) is 31.4 Å². The zero-order valence-corrected chi connectivity index (χ0v) is 12.4. The molecular formula is C13H17NO6S. The molecule has 0 aromatic heterocycles. The standard InChI is InChI=1S/C13H17NO6S/c1-20-13(17)10-5-4-6-11(9-10)21(18,19)14-8-3-2-7-12(15)16/h4-6,9,14H,2-3,7-8H2,1H3,(H,15,16). The summed E-state index contributed by atoms with van der Waals surface area (Å²) in [5.74, 6) is -1.53. The fourth-order valence-electron chi connectivity index (χ4n) is 1.60. The Morgan fingerprint density at radius 3 is 2.62 bits per heavy atom. The Bertz CT molecular complexity index is 611. The average molecular weight is 315 g/mol. The van der Waals surface area contributed by atoms with Gasteiger partial charge in [0.2, 0.25) is 10.0 Å². The van der Waals surface area contributed by atoms with Crippen LogP contribution in [0.4, 0.5) is 0 Å². The van der Waals surface area contributed by atoms with Gasteiger partial charge in [-0.05, 0) is 31.0 Å². The zero-order valence-electron chi connectivity index (χ0n) is 11.5. The zero-order chi connectivity index (χ0) is 15.9. The molecule has 0 aliphatic heterocycles. The Morgan fingerprint density at radius 2 is 2.00 bits per heavy atom. The summed E-state index contributed by atoms with van der Waals surface area (Å²) >= 11 is 0. The van der Waals surface area contributed by atoms with E-state index in [9.17, 15) is 18.0 Å². The molecule has 2 N–H and O–H groups in total. The van der Waals surface area contributed by atoms with Crippen LogP contribution in [0.3, 0.4) is 0 Å². The molecule has 0 amide bonds. The van der Waals surface area contributed by atoms with Gasteiger partial charge in [0.15, 0.2) is 0 Å². The predicted molar refractivity (Wildman–Crippen MR) is 74.5 cm³/mol. The molecule has 7 nitrogen and oxygen atoms in total. The van der Waals surface area contributed by atoms with E-state index < -0.39 is 22.0 Å². The Labute approximate surface area is 123 Å². The van der Waals surface area contributed by atoms with Crippen molar-refractivity contribution in [2.24, 2.45) is 0 Å². The quantitative estimate of drug-likeness (QED) is 0.547. The van der Waals surface area contributed by atoms with Crippen molar-refractivity contribution in [3.8, 4) is 0 Å². The molecule has 0 heterocycles. The molecular weight excluding hydrogens is 298 g/mol. The molecule has 0 aliphatic carbocycles. The molecule has 0 bridgehead atoms. The fourth-order valence-corrected chi connectivity index (χ4v) is 2.72. The third kappa shape index (κ3) is 5.52. The smallest absolute Gasteiger partial charge is 0.337 e. The molecule has 116 valence electrons. The highest BCUT2D eigenvalue weighted by molar-refractivity contribution is 7.89. The lowest BCUT2D eigenvalue weighted by Crippen LogP contribution is -2.25. The first-order valence-corrected chi connectivity index (χ1v) is 7.75. The van der Waals surface area contributed by atoms with E-state index in [2.05, 4.69) is 9.46 Å². The summed E-state index contributed by atoms with van der Waals surface area (Å²) in [6.07, 6.45) is 0.807. The number of methoxy groups -OCH3 is 1. The monoisotopic (exact) mass is 315 g/mol. The molecule has 1 rings (SSSR count). The van der Waals surface area contributed by atoms with Gasteiger partial charge in [0.25, 0.3) is 0 Å². The molecule has 0 radical (unpaired) electrons. The van der Waals surface area contributed by atoms with Gasteiger partial charge in [-0.1, -0.05) is 6.07 Å². The molecule has 21 heavy (non-hydrogen) atoms. The third-order valence-electron chi connectivity index (χ3n) is 2.67. The van der Waals surface area contributed by atoms with Gasteiger partial charge in [-0.2, -0.15) is 0 Å². The summed E-state index contributed by atoms with van der Waals surface area (Å²) in [6, 6.07) is 5.50. The van der Waals surface area contributed by atoms with E-state index in [1.54, 1.807) is 0 Å². The lowest BCUT2D eigenvalue weighted by Gasteiger charge is -2.07. The number of carboxylic acids is 1. The minimum absolute atomic E-state index is 0.000443. The number of esters is 1. The molecule has 0 spiro atoms. The summed E-state index contributed by atoms with van der Waals surface area (Å²) in [4.78, 5) is 21.7. The van der Waals surface area contributed by atoms with E-state index in [1.807, 2.05) is 0 Å². The predicted octanol–water partition coefficient (Wildman–Crippen LogP) is 1.01. The molecule has 1 aromatic rings. The second-order valence-electron chi connectivity index (χ2n) is 4.27. The van der Waals surface area contributed by atoms with Gasteiger partial charge >= 0.3 is 11.9 Å². The molecule has 0 saturated heterocycles. The number of nitrogens with one attached hydrogen (secondary N) is 1. The van der Waals surface area contributed by atoms with Crippen molar-refractivity contribution >= 4 is 22.0 Å². The highest BCUT2D eigenvalue weighted by Crippen LogP contribution is 2.12. The van der Waals surface area contributed by atoms with Crippen LogP contribution < -0.4 is 4.72 Å². The van der Waals surface area contributed by atoms with Crippen LogP contribution in [0.2, 0.25) is 0 Å². The number of carboxylic acid groups (broad SMARTS) is 1. The topological polar surface area (TPSA) is 110 Å². The number of ether oxygens (including phenoxy) is 1. The molecule has 0 unspecified atom stereocenters. The van der Waals surface area contributed by atoms with Crippen molar-refractivity contribution in [2.75, 3.05) is 13.7 Å². The minimum Gasteiger partial charge on any atom is -0.481 e. The summed E-state index contributed by atoms with van der Waals surface area (Å²) < 4.78 is 30.9. The third-order valence-corrected chi connectivity index (χ3v) is 4.13. The van der Waals surface area contributed by atoms with Crippen LogP contribution in [0.25, 0.3) is 0 Å². The molecule has 0 fully saturated rings. The SMILES string of the molecule is COC(=O)c1cccc(S(=O)(=O)NCCCCC(=O)O)c1. The first-order valence-electron chi connectivity index (χ1n) is 6.26.